The van der Waals surface area contributed by atoms with Crippen LogP contribution in [0.2, 0.25) is 0 Å². The average molecular weight is 344 g/mol. The molecule has 3 aromatic heterocycles. The normalized spacial score (nSPS) is 17.6. The number of nitrogens with one attached hydrogen (secondary N) is 2. The third kappa shape index (κ3) is 2.98. The predicted molar refractivity (Wildman–Crippen MR) is 84.6 cm³/mol. The van der Waals surface area contributed by atoms with Gasteiger partial charge in [-0.3, -0.25) is 10.4 Å². The van der Waals surface area contributed by atoms with Crippen LogP contribution in [0.15, 0.2) is 33.7 Å². The topological polar surface area (TPSA) is 122 Å². The van der Waals surface area contributed by atoms with Crippen LogP contribution in [0.1, 0.15) is 17.6 Å². The quantitative estimate of drug-likeness (QED) is 0.744. The van der Waals surface area contributed by atoms with Gasteiger partial charge in [0.1, 0.15) is 24.0 Å². The molecule has 1 saturated heterocycles. The van der Waals surface area contributed by atoms with Crippen LogP contribution in [0.3, 0.4) is 0 Å². The fourth-order valence-electron chi connectivity index (χ4n) is 2.73. The van der Waals surface area contributed by atoms with Gasteiger partial charge in [-0.15, -0.1) is 0 Å². The molecule has 0 aromatic carbocycles. The average Bonchev–Trinajstić information content (AvgIpc) is 3.36. The van der Waals surface area contributed by atoms with E-state index in [2.05, 4.69) is 25.7 Å². The molecule has 3 aromatic rings. The number of anilines is 1. The van der Waals surface area contributed by atoms with Gasteiger partial charge in [-0.1, -0.05) is 5.16 Å². The Morgan fingerprint density at radius 3 is 3.16 bits per heavy atom. The van der Waals surface area contributed by atoms with Crippen molar-refractivity contribution < 1.29 is 18.5 Å². The van der Waals surface area contributed by atoms with Crippen molar-refractivity contribution in [1.82, 2.24) is 25.2 Å². The molecule has 4 rings (SSSR count). The highest BCUT2D eigenvalue weighted by Gasteiger charge is 2.31. The Hall–Kier alpha value is -3.14. The molecular formula is C15H16N6O4. The molecule has 1 aliphatic heterocycles. The molecule has 130 valence electrons. The second-order valence-electron chi connectivity index (χ2n) is 5.55. The van der Waals surface area contributed by atoms with E-state index in [9.17, 15) is 4.79 Å². The highest BCUT2D eigenvalue weighted by Crippen LogP contribution is 2.27. The second kappa shape index (κ2) is 6.40. The van der Waals surface area contributed by atoms with Crippen molar-refractivity contribution in [3.8, 4) is 11.3 Å². The fraction of sp³-hybridized carbons (Fsp3) is 0.333. The number of aromatic amines is 1. The summed E-state index contributed by atoms with van der Waals surface area (Å²) in [7, 11) is 0. The number of ether oxygens (including phenoxy) is 1. The number of urea groups is 1. The van der Waals surface area contributed by atoms with Gasteiger partial charge in [0.25, 0.3) is 0 Å². The summed E-state index contributed by atoms with van der Waals surface area (Å²) in [5.41, 5.74) is 0.791. The number of H-pyrrole nitrogens is 1. The Bertz CT molecular complexity index is 855. The number of hydrogen-bond acceptors (Lipinski definition) is 7. The van der Waals surface area contributed by atoms with Crippen LogP contribution in [-0.2, 0) is 4.74 Å². The molecule has 0 aliphatic carbocycles. The number of carbonyl (C=O) groups is 1. The van der Waals surface area contributed by atoms with Gasteiger partial charge in [-0.2, -0.15) is 5.10 Å². The van der Waals surface area contributed by atoms with Crippen LogP contribution in [0.25, 0.3) is 11.3 Å². The summed E-state index contributed by atoms with van der Waals surface area (Å²) >= 11 is 0. The SMILES string of the molecule is Cc1occc1-c1cc(NC(=O)N2CCOC[C@H]2c2ncn[nH]2)no1. The summed E-state index contributed by atoms with van der Waals surface area (Å²) in [6.07, 6.45) is 2.97. The lowest BCUT2D eigenvalue weighted by Crippen LogP contribution is -2.45. The van der Waals surface area contributed by atoms with Crippen molar-refractivity contribution in [2.45, 2.75) is 13.0 Å². The van der Waals surface area contributed by atoms with Gasteiger partial charge in [0, 0.05) is 12.6 Å². The first kappa shape index (κ1) is 15.4. The molecule has 2 N–H and O–H groups in total. The number of rotatable bonds is 3. The van der Waals surface area contributed by atoms with E-state index in [1.54, 1.807) is 23.3 Å². The summed E-state index contributed by atoms with van der Waals surface area (Å²) in [4.78, 5) is 18.4. The second-order valence-corrected chi connectivity index (χ2v) is 5.55. The van der Waals surface area contributed by atoms with Gasteiger partial charge >= 0.3 is 6.03 Å². The first-order valence-corrected chi connectivity index (χ1v) is 7.74. The number of hydrogen-bond donors (Lipinski definition) is 2. The van der Waals surface area contributed by atoms with Gasteiger partial charge in [-0.25, -0.2) is 9.78 Å². The molecular weight excluding hydrogens is 328 g/mol. The number of furan rings is 1. The standard InChI is InChI=1S/C15H16N6O4/c1-9-10(2-4-24-9)12-6-13(20-25-12)18-15(22)21-3-5-23-7-11(21)14-16-8-17-19-14/h2,4,6,8,11H,3,5,7H2,1H3,(H,16,17,19)(H,18,20,22)/t11-/m0/s1. The lowest BCUT2D eigenvalue weighted by Gasteiger charge is -2.33. The molecule has 2 amide bonds. The van der Waals surface area contributed by atoms with Crippen LogP contribution < -0.4 is 5.32 Å². The number of aromatic nitrogens is 4. The number of carbonyl (C=O) groups excluding carboxylic acids is 1. The number of amides is 2. The van der Waals surface area contributed by atoms with Crippen molar-refractivity contribution in [3.05, 3.63) is 36.3 Å². The van der Waals surface area contributed by atoms with Crippen molar-refractivity contribution in [3.63, 3.8) is 0 Å². The molecule has 10 heteroatoms. The Morgan fingerprint density at radius 1 is 1.48 bits per heavy atom. The Kier molecular flexibility index (Phi) is 3.94. The molecule has 0 unspecified atom stereocenters. The maximum absolute atomic E-state index is 12.6. The fourth-order valence-corrected chi connectivity index (χ4v) is 2.73. The highest BCUT2D eigenvalue weighted by molar-refractivity contribution is 5.89. The van der Waals surface area contributed by atoms with E-state index in [1.165, 1.54) is 6.33 Å². The summed E-state index contributed by atoms with van der Waals surface area (Å²) < 4.78 is 16.0. The number of morpholine rings is 1. The summed E-state index contributed by atoms with van der Waals surface area (Å²) in [5, 5.41) is 13.2. The van der Waals surface area contributed by atoms with Crippen molar-refractivity contribution in [1.29, 1.82) is 0 Å². The Morgan fingerprint density at radius 2 is 2.40 bits per heavy atom. The minimum Gasteiger partial charge on any atom is -0.469 e. The van der Waals surface area contributed by atoms with Gasteiger partial charge in [-0.05, 0) is 13.0 Å². The largest absolute Gasteiger partial charge is 0.469 e. The summed E-state index contributed by atoms with van der Waals surface area (Å²) in [5.74, 6) is 2.14. The van der Waals surface area contributed by atoms with Crippen molar-refractivity contribution >= 4 is 11.8 Å². The monoisotopic (exact) mass is 344 g/mol. The molecule has 0 saturated carbocycles. The van der Waals surface area contributed by atoms with E-state index in [4.69, 9.17) is 13.7 Å². The minimum atomic E-state index is -0.335. The summed E-state index contributed by atoms with van der Waals surface area (Å²) in [6.45, 7) is 3.06. The van der Waals surface area contributed by atoms with E-state index in [1.807, 2.05) is 6.92 Å². The Balaban J connectivity index is 1.49. The maximum Gasteiger partial charge on any atom is 0.323 e. The van der Waals surface area contributed by atoms with Gasteiger partial charge in [0.2, 0.25) is 0 Å². The van der Waals surface area contributed by atoms with Crippen LogP contribution >= 0.6 is 0 Å². The van der Waals surface area contributed by atoms with E-state index < -0.39 is 0 Å². The molecule has 10 nitrogen and oxygen atoms in total. The molecule has 25 heavy (non-hydrogen) atoms. The number of aryl methyl sites for hydroxylation is 1. The third-order valence-corrected chi connectivity index (χ3v) is 4.01. The molecule has 0 bridgehead atoms. The highest BCUT2D eigenvalue weighted by atomic mass is 16.5. The maximum atomic E-state index is 12.6. The van der Waals surface area contributed by atoms with Gasteiger partial charge in [0.15, 0.2) is 11.6 Å². The van der Waals surface area contributed by atoms with E-state index in [-0.39, 0.29) is 12.1 Å². The molecule has 1 fully saturated rings. The molecule has 0 spiro atoms. The molecule has 1 atom stereocenters. The molecule has 4 heterocycles. The molecule has 0 radical (unpaired) electrons. The summed E-state index contributed by atoms with van der Waals surface area (Å²) in [6, 6.07) is 2.79. The number of nitrogens with zero attached hydrogens (tertiary/aromatic N) is 4. The Labute approximate surface area is 142 Å². The van der Waals surface area contributed by atoms with E-state index in [0.717, 1.165) is 5.56 Å². The van der Waals surface area contributed by atoms with Crippen LogP contribution in [-0.4, -0.2) is 51.0 Å². The lowest BCUT2D eigenvalue weighted by molar-refractivity contribution is 0.0118. The van der Waals surface area contributed by atoms with E-state index >= 15 is 0 Å². The van der Waals surface area contributed by atoms with Crippen LogP contribution in [0, 0.1) is 6.92 Å². The first-order chi connectivity index (χ1) is 12.2. The zero-order chi connectivity index (χ0) is 17.2. The smallest absolute Gasteiger partial charge is 0.323 e. The first-order valence-electron chi connectivity index (χ1n) is 7.74. The van der Waals surface area contributed by atoms with Crippen molar-refractivity contribution in [2.75, 3.05) is 25.1 Å². The zero-order valence-corrected chi connectivity index (χ0v) is 13.4. The molecule has 1 aliphatic rings. The van der Waals surface area contributed by atoms with Crippen molar-refractivity contribution in [2.24, 2.45) is 0 Å². The predicted octanol–water partition coefficient (Wildman–Crippen LogP) is 1.97. The third-order valence-electron chi connectivity index (χ3n) is 4.01. The van der Waals surface area contributed by atoms with E-state index in [0.29, 0.717) is 42.9 Å². The zero-order valence-electron chi connectivity index (χ0n) is 13.4. The van der Waals surface area contributed by atoms with Gasteiger partial charge < -0.3 is 18.6 Å². The minimum absolute atomic E-state index is 0.312. The van der Waals surface area contributed by atoms with Crippen LogP contribution in [0.5, 0.6) is 0 Å². The lowest BCUT2D eigenvalue weighted by atomic mass is 10.2. The van der Waals surface area contributed by atoms with Gasteiger partial charge in [0.05, 0.1) is 25.0 Å². The van der Waals surface area contributed by atoms with Crippen LogP contribution in [0.4, 0.5) is 10.6 Å².